The second kappa shape index (κ2) is 4.52. The van der Waals surface area contributed by atoms with Crippen molar-refractivity contribution < 1.29 is 14.3 Å². The minimum absolute atomic E-state index is 0.00773. The minimum atomic E-state index is -0.249. The Balaban J connectivity index is 1.43. The molecule has 0 aromatic carbocycles. The van der Waals surface area contributed by atoms with Gasteiger partial charge >= 0.3 is 12.0 Å². The molecule has 0 aromatic heterocycles. The zero-order chi connectivity index (χ0) is 15.8. The van der Waals surface area contributed by atoms with Crippen LogP contribution in [0.15, 0.2) is 12.2 Å². The molecule has 1 saturated heterocycles. The van der Waals surface area contributed by atoms with E-state index in [1.54, 1.807) is 0 Å². The molecule has 6 rings (SSSR count). The van der Waals surface area contributed by atoms with E-state index in [1.807, 2.05) is 4.90 Å². The van der Waals surface area contributed by atoms with Gasteiger partial charge in [-0.1, -0.05) is 12.2 Å². The highest BCUT2D eigenvalue weighted by Crippen LogP contribution is 2.61. The molecule has 124 valence electrons. The third-order valence-corrected chi connectivity index (χ3v) is 7.14. The van der Waals surface area contributed by atoms with Crippen LogP contribution in [0.3, 0.4) is 0 Å². The second-order valence-electron chi connectivity index (χ2n) is 8.32. The van der Waals surface area contributed by atoms with E-state index in [0.29, 0.717) is 23.8 Å². The Morgan fingerprint density at radius 1 is 1.22 bits per heavy atom. The van der Waals surface area contributed by atoms with E-state index in [4.69, 9.17) is 4.74 Å². The Morgan fingerprint density at radius 2 is 1.96 bits per heavy atom. The van der Waals surface area contributed by atoms with Gasteiger partial charge in [-0.3, -0.25) is 4.79 Å². The Bertz CT molecular complexity index is 585. The zero-order valence-electron chi connectivity index (χ0n) is 13.6. The summed E-state index contributed by atoms with van der Waals surface area (Å²) >= 11 is 0. The van der Waals surface area contributed by atoms with Crippen molar-refractivity contribution in [3.8, 4) is 0 Å². The van der Waals surface area contributed by atoms with E-state index < -0.39 is 0 Å². The Kier molecular flexibility index (Phi) is 2.73. The van der Waals surface area contributed by atoms with Crippen LogP contribution in [-0.2, 0) is 9.53 Å². The molecule has 0 spiro atoms. The molecular weight excluding hydrogens is 292 g/mol. The van der Waals surface area contributed by atoms with E-state index in [-0.39, 0.29) is 23.5 Å². The van der Waals surface area contributed by atoms with Crippen molar-refractivity contribution in [2.75, 3.05) is 20.2 Å². The third-order valence-electron chi connectivity index (χ3n) is 7.14. The number of hydrogen-bond donors (Lipinski definition) is 0. The average molecular weight is 316 g/mol. The molecule has 2 amide bonds. The molecule has 5 nitrogen and oxygen atoms in total. The predicted octanol–water partition coefficient (Wildman–Crippen LogP) is 2.03. The van der Waals surface area contributed by atoms with Gasteiger partial charge in [-0.05, 0) is 49.9 Å². The molecule has 4 aliphatic carbocycles. The fraction of sp³-hybridized carbons (Fsp3) is 0.778. The van der Waals surface area contributed by atoms with Crippen LogP contribution in [0, 0.1) is 23.2 Å². The lowest BCUT2D eigenvalue weighted by atomic mass is 9.47. The fourth-order valence-electron chi connectivity index (χ4n) is 6.62. The Hall–Kier alpha value is -1.52. The highest BCUT2D eigenvalue weighted by molar-refractivity contribution is 5.80. The maximum absolute atomic E-state index is 12.8. The van der Waals surface area contributed by atoms with E-state index in [1.165, 1.54) is 20.0 Å². The van der Waals surface area contributed by atoms with Gasteiger partial charge in [0.2, 0.25) is 0 Å². The molecular formula is C18H24N2O3. The van der Waals surface area contributed by atoms with Crippen molar-refractivity contribution in [2.45, 2.75) is 44.2 Å². The summed E-state index contributed by atoms with van der Waals surface area (Å²) in [7, 11) is 1.52. The smallest absolute Gasteiger partial charge is 0.321 e. The molecule has 4 bridgehead atoms. The zero-order valence-corrected chi connectivity index (χ0v) is 13.6. The van der Waals surface area contributed by atoms with Gasteiger partial charge in [0.25, 0.3) is 0 Å². The third kappa shape index (κ3) is 1.74. The van der Waals surface area contributed by atoms with Crippen LogP contribution in [0.4, 0.5) is 4.79 Å². The van der Waals surface area contributed by atoms with Gasteiger partial charge in [0, 0.05) is 19.1 Å². The minimum Gasteiger partial charge on any atom is -0.469 e. The molecule has 2 aliphatic heterocycles. The Morgan fingerprint density at radius 3 is 2.61 bits per heavy atom. The molecule has 3 atom stereocenters. The van der Waals surface area contributed by atoms with Crippen molar-refractivity contribution in [2.24, 2.45) is 23.2 Å². The molecule has 0 radical (unpaired) electrons. The quantitative estimate of drug-likeness (QED) is 0.578. The van der Waals surface area contributed by atoms with Gasteiger partial charge in [0.05, 0.1) is 18.6 Å². The molecule has 23 heavy (non-hydrogen) atoms. The summed E-state index contributed by atoms with van der Waals surface area (Å²) in [5, 5.41) is 0. The summed E-state index contributed by atoms with van der Waals surface area (Å²) in [6.45, 7) is 1.60. The van der Waals surface area contributed by atoms with Crippen LogP contribution in [0.2, 0.25) is 0 Å². The number of methoxy groups -OCH3 is 1. The largest absolute Gasteiger partial charge is 0.469 e. The summed E-state index contributed by atoms with van der Waals surface area (Å²) in [6, 6.07) is 0.828. The maximum Gasteiger partial charge on any atom is 0.321 e. The van der Waals surface area contributed by atoms with Crippen molar-refractivity contribution in [3.63, 3.8) is 0 Å². The van der Waals surface area contributed by atoms with Crippen molar-refractivity contribution >= 4 is 12.0 Å². The normalized spacial score (nSPS) is 46.7. The van der Waals surface area contributed by atoms with Crippen LogP contribution >= 0.6 is 0 Å². The van der Waals surface area contributed by atoms with Crippen LogP contribution in [-0.4, -0.2) is 54.1 Å². The van der Waals surface area contributed by atoms with E-state index in [9.17, 15) is 9.59 Å². The molecule has 0 N–H and O–H groups in total. The van der Waals surface area contributed by atoms with E-state index >= 15 is 0 Å². The van der Waals surface area contributed by atoms with Gasteiger partial charge in [0.1, 0.15) is 0 Å². The molecule has 3 unspecified atom stereocenters. The molecule has 5 heteroatoms. The summed E-state index contributed by atoms with van der Waals surface area (Å²) in [4.78, 5) is 29.3. The number of carbonyl (C=O) groups excluding carboxylic acids is 2. The van der Waals surface area contributed by atoms with Crippen LogP contribution in [0.25, 0.3) is 0 Å². The van der Waals surface area contributed by atoms with Crippen LogP contribution in [0.5, 0.6) is 0 Å². The monoisotopic (exact) mass is 316 g/mol. The molecule has 2 heterocycles. The van der Waals surface area contributed by atoms with Crippen LogP contribution < -0.4 is 0 Å². The number of amides is 2. The fourth-order valence-corrected chi connectivity index (χ4v) is 6.62. The van der Waals surface area contributed by atoms with Gasteiger partial charge < -0.3 is 14.5 Å². The topological polar surface area (TPSA) is 49.9 Å². The predicted molar refractivity (Wildman–Crippen MR) is 83.5 cm³/mol. The molecule has 6 aliphatic rings. The first kappa shape index (κ1) is 13.9. The lowest BCUT2D eigenvalue weighted by molar-refractivity contribution is -0.174. The van der Waals surface area contributed by atoms with E-state index in [2.05, 4.69) is 17.1 Å². The highest BCUT2D eigenvalue weighted by Gasteiger charge is 2.61. The average Bonchev–Trinajstić information content (AvgIpc) is 3.09. The van der Waals surface area contributed by atoms with Gasteiger partial charge in [-0.2, -0.15) is 0 Å². The number of urea groups is 1. The lowest BCUT2D eigenvalue weighted by Crippen LogP contribution is -2.61. The molecule has 4 saturated carbocycles. The number of esters is 1. The summed E-state index contributed by atoms with van der Waals surface area (Å²) < 4.78 is 5.14. The number of nitrogens with zero attached hydrogens (tertiary/aromatic N) is 2. The first-order valence-electron chi connectivity index (χ1n) is 8.93. The lowest BCUT2D eigenvalue weighted by Gasteiger charge is -2.60. The van der Waals surface area contributed by atoms with Gasteiger partial charge in [0.15, 0.2) is 0 Å². The Labute approximate surface area is 136 Å². The van der Waals surface area contributed by atoms with Crippen molar-refractivity contribution in [1.29, 1.82) is 0 Å². The first-order valence-corrected chi connectivity index (χ1v) is 8.93. The maximum atomic E-state index is 12.8. The number of rotatable bonds is 2. The van der Waals surface area contributed by atoms with Crippen LogP contribution in [0.1, 0.15) is 32.1 Å². The second-order valence-corrected chi connectivity index (χ2v) is 8.32. The number of hydrogen-bond acceptors (Lipinski definition) is 3. The SMILES string of the molecule is COC(=O)C12CC3CC(C1)C(N1CC4C=CCN4C1=O)C(C3)C2. The summed E-state index contributed by atoms with van der Waals surface area (Å²) in [5.74, 6) is 1.61. The van der Waals surface area contributed by atoms with Gasteiger partial charge in [-0.15, -0.1) is 0 Å². The number of carbonyl (C=O) groups is 2. The van der Waals surface area contributed by atoms with Gasteiger partial charge in [-0.25, -0.2) is 4.79 Å². The number of fused-ring (bicyclic) bond motifs is 1. The van der Waals surface area contributed by atoms with Crippen molar-refractivity contribution in [1.82, 2.24) is 9.80 Å². The molecule has 5 fully saturated rings. The van der Waals surface area contributed by atoms with Crippen molar-refractivity contribution in [3.05, 3.63) is 12.2 Å². The summed E-state index contributed by atoms with van der Waals surface area (Å²) in [5.41, 5.74) is -0.249. The number of ether oxygens (including phenoxy) is 1. The van der Waals surface area contributed by atoms with E-state index in [0.717, 1.165) is 32.4 Å². The standard InChI is InChI=1S/C18H24N2O3/c1-23-16(21)18-7-11-5-12(8-18)15(13(6-11)9-18)20-10-14-3-2-4-19(14)17(20)22/h2-3,11-15H,4-10H2,1H3. The summed E-state index contributed by atoms with van der Waals surface area (Å²) in [6.07, 6.45) is 9.48. The first-order chi connectivity index (χ1) is 11.1. The molecule has 0 aromatic rings. The highest BCUT2D eigenvalue weighted by atomic mass is 16.5.